The molecular formula is C12H15Cl2F. The van der Waals surface area contributed by atoms with E-state index < -0.39 is 0 Å². The third kappa shape index (κ3) is 3.35. The molecule has 1 rings (SSSR count). The smallest absolute Gasteiger partial charge is 0.141 e. The van der Waals surface area contributed by atoms with E-state index in [0.29, 0.717) is 5.88 Å². The van der Waals surface area contributed by atoms with Gasteiger partial charge >= 0.3 is 0 Å². The molecule has 0 bridgehead atoms. The van der Waals surface area contributed by atoms with Crippen LogP contribution in [0.25, 0.3) is 0 Å². The lowest BCUT2D eigenvalue weighted by Gasteiger charge is -2.25. The number of hydrogen-bond donors (Lipinski definition) is 0. The lowest BCUT2D eigenvalue weighted by atomic mass is 9.83. The van der Waals surface area contributed by atoms with E-state index in [-0.39, 0.29) is 16.3 Å². The van der Waals surface area contributed by atoms with Crippen LogP contribution in [0.15, 0.2) is 18.2 Å². The maximum atomic E-state index is 12.9. The van der Waals surface area contributed by atoms with Crippen LogP contribution in [0.2, 0.25) is 5.02 Å². The second-order valence-corrected chi connectivity index (χ2v) is 4.90. The van der Waals surface area contributed by atoms with Gasteiger partial charge in [-0.3, -0.25) is 0 Å². The maximum Gasteiger partial charge on any atom is 0.141 e. The molecular weight excluding hydrogens is 234 g/mol. The minimum atomic E-state index is -0.371. The van der Waals surface area contributed by atoms with E-state index >= 15 is 0 Å². The topological polar surface area (TPSA) is 0 Å². The summed E-state index contributed by atoms with van der Waals surface area (Å²) in [7, 11) is 0. The van der Waals surface area contributed by atoms with Gasteiger partial charge in [0.05, 0.1) is 5.02 Å². The molecule has 0 aliphatic carbocycles. The number of rotatable bonds is 4. The Balaban J connectivity index is 2.85. The van der Waals surface area contributed by atoms with Gasteiger partial charge in [0.15, 0.2) is 0 Å². The van der Waals surface area contributed by atoms with E-state index in [2.05, 4.69) is 13.8 Å². The van der Waals surface area contributed by atoms with Gasteiger partial charge in [0.2, 0.25) is 0 Å². The van der Waals surface area contributed by atoms with E-state index in [4.69, 9.17) is 23.2 Å². The van der Waals surface area contributed by atoms with Crippen LogP contribution >= 0.6 is 23.2 Å². The summed E-state index contributed by atoms with van der Waals surface area (Å²) >= 11 is 11.6. The lowest BCUT2D eigenvalue weighted by molar-refractivity contribution is 0.355. The molecule has 1 unspecified atom stereocenters. The van der Waals surface area contributed by atoms with Gasteiger partial charge in [-0.05, 0) is 36.0 Å². The molecule has 84 valence electrons. The van der Waals surface area contributed by atoms with Crippen molar-refractivity contribution in [1.82, 2.24) is 0 Å². The van der Waals surface area contributed by atoms with Crippen LogP contribution in [-0.4, -0.2) is 5.88 Å². The molecule has 0 saturated heterocycles. The highest BCUT2D eigenvalue weighted by Gasteiger charge is 2.21. The Morgan fingerprint density at radius 1 is 1.40 bits per heavy atom. The van der Waals surface area contributed by atoms with Gasteiger partial charge in [0.25, 0.3) is 0 Å². The molecule has 0 aromatic heterocycles. The Morgan fingerprint density at radius 3 is 2.53 bits per heavy atom. The van der Waals surface area contributed by atoms with Crippen molar-refractivity contribution in [1.29, 1.82) is 0 Å². The molecule has 1 atom stereocenters. The van der Waals surface area contributed by atoms with Gasteiger partial charge in [-0.15, -0.1) is 11.6 Å². The van der Waals surface area contributed by atoms with Crippen LogP contribution in [0.4, 0.5) is 4.39 Å². The van der Waals surface area contributed by atoms with Crippen molar-refractivity contribution in [2.75, 3.05) is 5.88 Å². The molecule has 15 heavy (non-hydrogen) atoms. The van der Waals surface area contributed by atoms with Gasteiger partial charge in [0.1, 0.15) is 5.82 Å². The fourth-order valence-corrected chi connectivity index (χ4v) is 1.90. The molecule has 1 aromatic rings. The highest BCUT2D eigenvalue weighted by atomic mass is 35.5. The van der Waals surface area contributed by atoms with Crippen molar-refractivity contribution in [3.8, 4) is 0 Å². The van der Waals surface area contributed by atoms with Crippen molar-refractivity contribution in [3.05, 3.63) is 34.6 Å². The lowest BCUT2D eigenvalue weighted by Crippen LogP contribution is -2.20. The Labute approximate surface area is 100 Å². The third-order valence-corrected chi connectivity index (χ3v) is 3.73. The van der Waals surface area contributed by atoms with Crippen molar-refractivity contribution >= 4 is 23.2 Å². The number of benzene rings is 1. The summed E-state index contributed by atoms with van der Waals surface area (Å²) in [5, 5.41) is 0.181. The molecule has 0 amide bonds. The summed E-state index contributed by atoms with van der Waals surface area (Å²) in [5.74, 6) is 0.225. The zero-order chi connectivity index (χ0) is 11.5. The van der Waals surface area contributed by atoms with Crippen LogP contribution in [-0.2, 0) is 6.42 Å². The quantitative estimate of drug-likeness (QED) is 0.680. The van der Waals surface area contributed by atoms with E-state index in [1.54, 1.807) is 12.1 Å². The minimum Gasteiger partial charge on any atom is -0.205 e. The number of hydrogen-bond acceptors (Lipinski definition) is 0. The Morgan fingerprint density at radius 2 is 2.07 bits per heavy atom. The maximum absolute atomic E-state index is 12.9. The van der Waals surface area contributed by atoms with Crippen molar-refractivity contribution in [2.45, 2.75) is 26.7 Å². The molecule has 0 fully saturated rings. The van der Waals surface area contributed by atoms with Crippen LogP contribution in [0.1, 0.15) is 25.8 Å². The molecule has 0 radical (unpaired) electrons. The monoisotopic (exact) mass is 248 g/mol. The first-order chi connectivity index (χ1) is 7.00. The average molecular weight is 249 g/mol. The van der Waals surface area contributed by atoms with Crippen LogP contribution in [0.3, 0.4) is 0 Å². The molecule has 1 aromatic carbocycles. The summed E-state index contributed by atoms with van der Waals surface area (Å²) in [6, 6.07) is 4.85. The van der Waals surface area contributed by atoms with Crippen LogP contribution in [0, 0.1) is 11.2 Å². The highest BCUT2D eigenvalue weighted by Crippen LogP contribution is 2.29. The van der Waals surface area contributed by atoms with Crippen molar-refractivity contribution < 1.29 is 4.39 Å². The predicted molar refractivity (Wildman–Crippen MR) is 64.2 cm³/mol. The molecule has 0 nitrogen and oxygen atoms in total. The Hall–Kier alpha value is -0.270. The third-order valence-electron chi connectivity index (χ3n) is 2.79. The second-order valence-electron chi connectivity index (χ2n) is 4.22. The van der Waals surface area contributed by atoms with E-state index in [1.807, 2.05) is 0 Å². The normalized spacial score (nSPS) is 15.0. The van der Waals surface area contributed by atoms with Gasteiger partial charge in [-0.2, -0.15) is 0 Å². The summed E-state index contributed by atoms with van der Waals surface area (Å²) in [6.07, 6.45) is 1.82. The average Bonchev–Trinajstić information content (AvgIpc) is 2.23. The largest absolute Gasteiger partial charge is 0.205 e. The Bertz CT molecular complexity index is 332. The standard InChI is InChI=1S/C12H15Cl2F/c1-3-12(2,8-13)7-9-4-5-11(15)10(14)6-9/h4-6H,3,7-8H2,1-2H3. The summed E-state index contributed by atoms with van der Waals surface area (Å²) in [5.41, 5.74) is 1.09. The van der Waals surface area contributed by atoms with E-state index in [9.17, 15) is 4.39 Å². The van der Waals surface area contributed by atoms with Gasteiger partial charge in [-0.25, -0.2) is 4.39 Å². The first-order valence-electron chi connectivity index (χ1n) is 5.00. The second kappa shape index (κ2) is 5.18. The fourth-order valence-electron chi connectivity index (χ4n) is 1.41. The van der Waals surface area contributed by atoms with E-state index in [1.165, 1.54) is 6.07 Å². The summed E-state index contributed by atoms with van der Waals surface area (Å²) < 4.78 is 12.9. The molecule has 0 aliphatic rings. The molecule has 0 spiro atoms. The molecule has 3 heteroatoms. The predicted octanol–water partition coefficient (Wildman–Crippen LogP) is 4.68. The molecule has 0 heterocycles. The SMILES string of the molecule is CCC(C)(CCl)Cc1ccc(F)c(Cl)c1. The number of halogens is 3. The zero-order valence-electron chi connectivity index (χ0n) is 8.99. The molecule has 0 saturated carbocycles. The zero-order valence-corrected chi connectivity index (χ0v) is 10.5. The van der Waals surface area contributed by atoms with Gasteiger partial charge < -0.3 is 0 Å². The highest BCUT2D eigenvalue weighted by molar-refractivity contribution is 6.30. The summed E-state index contributed by atoms with van der Waals surface area (Å²) in [6.45, 7) is 4.23. The number of alkyl halides is 1. The van der Waals surface area contributed by atoms with Gasteiger partial charge in [0, 0.05) is 5.88 Å². The van der Waals surface area contributed by atoms with Crippen molar-refractivity contribution in [3.63, 3.8) is 0 Å². The van der Waals surface area contributed by atoms with E-state index in [0.717, 1.165) is 18.4 Å². The van der Waals surface area contributed by atoms with Crippen molar-refractivity contribution in [2.24, 2.45) is 5.41 Å². The fraction of sp³-hybridized carbons (Fsp3) is 0.500. The first kappa shape index (κ1) is 12.8. The summed E-state index contributed by atoms with van der Waals surface area (Å²) in [4.78, 5) is 0. The first-order valence-corrected chi connectivity index (χ1v) is 5.92. The van der Waals surface area contributed by atoms with Gasteiger partial charge in [-0.1, -0.05) is 31.5 Å². The van der Waals surface area contributed by atoms with Crippen LogP contribution < -0.4 is 0 Å². The minimum absolute atomic E-state index is 0.0582. The Kier molecular flexibility index (Phi) is 4.42. The molecule has 0 aliphatic heterocycles. The molecule has 0 N–H and O–H groups in total. The van der Waals surface area contributed by atoms with Crippen LogP contribution in [0.5, 0.6) is 0 Å².